The smallest absolute Gasteiger partial charge is 0.0558 e. The first-order valence-electron chi connectivity index (χ1n) is 6.47. The van der Waals surface area contributed by atoms with E-state index in [9.17, 15) is 0 Å². The second kappa shape index (κ2) is 8.01. The minimum Gasteiger partial charge on any atom is -0.395 e. The van der Waals surface area contributed by atoms with E-state index in [-0.39, 0.29) is 13.2 Å². The Kier molecular flexibility index (Phi) is 6.96. The molecule has 0 aromatic heterocycles. The van der Waals surface area contributed by atoms with Gasteiger partial charge in [0.15, 0.2) is 0 Å². The SMILES string of the molecule is CC(CC1CCCCN1)N(CCO)CCO. The zero-order valence-electron chi connectivity index (χ0n) is 10.4. The molecule has 1 aliphatic heterocycles. The predicted molar refractivity (Wildman–Crippen MR) is 65.5 cm³/mol. The van der Waals surface area contributed by atoms with Crippen LogP contribution in [0.1, 0.15) is 32.6 Å². The molecule has 0 amide bonds. The van der Waals surface area contributed by atoms with Crippen LogP contribution in [-0.4, -0.2) is 60.0 Å². The average Bonchev–Trinajstić information content (AvgIpc) is 2.30. The zero-order valence-corrected chi connectivity index (χ0v) is 10.4. The maximum absolute atomic E-state index is 8.98. The van der Waals surface area contributed by atoms with E-state index < -0.39 is 0 Å². The summed E-state index contributed by atoms with van der Waals surface area (Å²) in [5, 5.41) is 21.5. The third-order valence-corrected chi connectivity index (χ3v) is 3.44. The quantitative estimate of drug-likeness (QED) is 0.584. The van der Waals surface area contributed by atoms with Crippen molar-refractivity contribution in [2.75, 3.05) is 32.8 Å². The molecule has 0 saturated carbocycles. The van der Waals surface area contributed by atoms with E-state index in [1.807, 2.05) is 0 Å². The van der Waals surface area contributed by atoms with Crippen LogP contribution in [0.5, 0.6) is 0 Å². The Morgan fingerprint density at radius 3 is 2.44 bits per heavy atom. The second-order valence-corrected chi connectivity index (χ2v) is 4.71. The summed E-state index contributed by atoms with van der Waals surface area (Å²) in [6, 6.07) is 1.04. The molecular weight excluding hydrogens is 204 g/mol. The van der Waals surface area contributed by atoms with Gasteiger partial charge in [-0.15, -0.1) is 0 Å². The summed E-state index contributed by atoms with van der Waals surface area (Å²) in [6.07, 6.45) is 4.99. The summed E-state index contributed by atoms with van der Waals surface area (Å²) in [6.45, 7) is 4.98. The number of rotatable bonds is 7. The fourth-order valence-corrected chi connectivity index (χ4v) is 2.50. The lowest BCUT2D eigenvalue weighted by Gasteiger charge is -2.32. The summed E-state index contributed by atoms with van der Waals surface area (Å²) in [4.78, 5) is 2.16. The van der Waals surface area contributed by atoms with Crippen molar-refractivity contribution in [3.8, 4) is 0 Å². The van der Waals surface area contributed by atoms with Crippen molar-refractivity contribution in [1.29, 1.82) is 0 Å². The number of hydrogen-bond acceptors (Lipinski definition) is 4. The zero-order chi connectivity index (χ0) is 11.8. The fourth-order valence-electron chi connectivity index (χ4n) is 2.50. The average molecular weight is 230 g/mol. The third-order valence-electron chi connectivity index (χ3n) is 3.44. The van der Waals surface area contributed by atoms with Crippen LogP contribution in [0.2, 0.25) is 0 Å². The van der Waals surface area contributed by atoms with Crippen molar-refractivity contribution in [3.63, 3.8) is 0 Å². The van der Waals surface area contributed by atoms with Crippen molar-refractivity contribution < 1.29 is 10.2 Å². The first-order chi connectivity index (χ1) is 7.77. The molecule has 0 bridgehead atoms. The molecule has 1 aliphatic rings. The van der Waals surface area contributed by atoms with Gasteiger partial charge < -0.3 is 15.5 Å². The number of aliphatic hydroxyl groups is 2. The Morgan fingerprint density at radius 2 is 1.94 bits per heavy atom. The summed E-state index contributed by atoms with van der Waals surface area (Å²) in [7, 11) is 0. The highest BCUT2D eigenvalue weighted by Crippen LogP contribution is 2.14. The van der Waals surface area contributed by atoms with Crippen molar-refractivity contribution >= 4 is 0 Å². The molecule has 2 unspecified atom stereocenters. The van der Waals surface area contributed by atoms with E-state index in [1.54, 1.807) is 0 Å². The lowest BCUT2D eigenvalue weighted by Crippen LogP contribution is -2.43. The molecule has 4 nitrogen and oxygen atoms in total. The van der Waals surface area contributed by atoms with Gasteiger partial charge in [-0.05, 0) is 32.7 Å². The Balaban J connectivity index is 2.31. The van der Waals surface area contributed by atoms with Gasteiger partial charge in [-0.3, -0.25) is 4.90 Å². The van der Waals surface area contributed by atoms with Crippen molar-refractivity contribution in [1.82, 2.24) is 10.2 Å². The molecule has 1 saturated heterocycles. The largest absolute Gasteiger partial charge is 0.395 e. The summed E-state index contributed by atoms with van der Waals surface area (Å²) in [5.74, 6) is 0. The van der Waals surface area contributed by atoms with Gasteiger partial charge in [0, 0.05) is 25.2 Å². The molecule has 1 rings (SSSR count). The first-order valence-corrected chi connectivity index (χ1v) is 6.47. The Bertz CT molecular complexity index is 166. The summed E-state index contributed by atoms with van der Waals surface area (Å²) < 4.78 is 0. The molecular formula is C12H26N2O2. The molecule has 0 radical (unpaired) electrons. The minimum absolute atomic E-state index is 0.169. The van der Waals surface area contributed by atoms with Gasteiger partial charge in [0.05, 0.1) is 13.2 Å². The van der Waals surface area contributed by atoms with Crippen molar-refractivity contribution in [2.45, 2.75) is 44.7 Å². The van der Waals surface area contributed by atoms with Crippen molar-refractivity contribution in [3.05, 3.63) is 0 Å². The normalized spacial score (nSPS) is 23.6. The maximum Gasteiger partial charge on any atom is 0.0558 e. The molecule has 3 N–H and O–H groups in total. The molecule has 2 atom stereocenters. The second-order valence-electron chi connectivity index (χ2n) is 4.71. The molecule has 1 heterocycles. The number of piperidine rings is 1. The van der Waals surface area contributed by atoms with E-state index in [0.29, 0.717) is 25.2 Å². The van der Waals surface area contributed by atoms with Gasteiger partial charge in [-0.25, -0.2) is 0 Å². The van der Waals surface area contributed by atoms with Crippen LogP contribution in [0.4, 0.5) is 0 Å². The first kappa shape index (κ1) is 13.9. The van der Waals surface area contributed by atoms with E-state index >= 15 is 0 Å². The van der Waals surface area contributed by atoms with Crippen LogP contribution in [0, 0.1) is 0 Å². The minimum atomic E-state index is 0.169. The molecule has 0 aromatic carbocycles. The van der Waals surface area contributed by atoms with Crippen LogP contribution in [0.15, 0.2) is 0 Å². The molecule has 4 heteroatoms. The monoisotopic (exact) mass is 230 g/mol. The van der Waals surface area contributed by atoms with Gasteiger partial charge in [-0.2, -0.15) is 0 Å². The molecule has 16 heavy (non-hydrogen) atoms. The Hall–Kier alpha value is -0.160. The van der Waals surface area contributed by atoms with E-state index in [4.69, 9.17) is 10.2 Å². The van der Waals surface area contributed by atoms with E-state index in [0.717, 1.165) is 13.0 Å². The summed E-state index contributed by atoms with van der Waals surface area (Å²) in [5.41, 5.74) is 0. The highest BCUT2D eigenvalue weighted by molar-refractivity contribution is 4.78. The van der Waals surface area contributed by atoms with Crippen LogP contribution in [0.3, 0.4) is 0 Å². The molecule has 0 aromatic rings. The van der Waals surface area contributed by atoms with Crippen LogP contribution >= 0.6 is 0 Å². The Morgan fingerprint density at radius 1 is 1.25 bits per heavy atom. The van der Waals surface area contributed by atoms with Gasteiger partial charge in [0.25, 0.3) is 0 Å². The van der Waals surface area contributed by atoms with Crippen LogP contribution in [0.25, 0.3) is 0 Å². The van der Waals surface area contributed by atoms with Crippen LogP contribution < -0.4 is 5.32 Å². The fraction of sp³-hybridized carbons (Fsp3) is 1.00. The van der Waals surface area contributed by atoms with Gasteiger partial charge >= 0.3 is 0 Å². The standard InChI is InChI=1S/C12H26N2O2/c1-11(14(6-8-15)7-9-16)10-12-4-2-3-5-13-12/h11-13,15-16H,2-10H2,1H3. The topological polar surface area (TPSA) is 55.7 Å². The third kappa shape index (κ3) is 4.78. The number of nitrogens with zero attached hydrogens (tertiary/aromatic N) is 1. The maximum atomic E-state index is 8.98. The summed E-state index contributed by atoms with van der Waals surface area (Å²) >= 11 is 0. The molecule has 0 aliphatic carbocycles. The highest BCUT2D eigenvalue weighted by atomic mass is 16.3. The van der Waals surface area contributed by atoms with Gasteiger partial charge in [-0.1, -0.05) is 6.42 Å². The van der Waals surface area contributed by atoms with E-state index in [2.05, 4.69) is 17.1 Å². The molecule has 96 valence electrons. The number of hydrogen-bond donors (Lipinski definition) is 3. The van der Waals surface area contributed by atoms with E-state index in [1.165, 1.54) is 19.3 Å². The number of aliphatic hydroxyl groups excluding tert-OH is 2. The molecule has 1 fully saturated rings. The lowest BCUT2D eigenvalue weighted by molar-refractivity contribution is 0.116. The predicted octanol–water partition coefficient (Wildman–Crippen LogP) is 0.194. The Labute approximate surface area is 98.6 Å². The van der Waals surface area contributed by atoms with Crippen molar-refractivity contribution in [2.24, 2.45) is 0 Å². The number of nitrogens with one attached hydrogen (secondary N) is 1. The molecule has 0 spiro atoms. The van der Waals surface area contributed by atoms with Gasteiger partial charge in [0.1, 0.15) is 0 Å². The van der Waals surface area contributed by atoms with Gasteiger partial charge in [0.2, 0.25) is 0 Å². The lowest BCUT2D eigenvalue weighted by atomic mass is 9.98. The highest BCUT2D eigenvalue weighted by Gasteiger charge is 2.19. The van der Waals surface area contributed by atoms with Crippen LogP contribution in [-0.2, 0) is 0 Å².